The second-order valence-electron chi connectivity index (χ2n) is 2.24. The first-order valence-electron chi connectivity index (χ1n) is 3.88. The van der Waals surface area contributed by atoms with Crippen LogP contribution < -0.4 is 0 Å². The molecule has 0 atom stereocenters. The van der Waals surface area contributed by atoms with E-state index in [0.29, 0.717) is 6.29 Å². The molecular weight excluding hydrogens is 189 g/mol. The number of nitrogens with zero attached hydrogens (tertiary/aromatic N) is 1. The number of hydrogen-bond acceptors (Lipinski definition) is 4. The number of carbonyl (C=O) groups excluding carboxylic acids is 1. The molecule has 0 aliphatic heterocycles. The van der Waals surface area contributed by atoms with Gasteiger partial charge in [0, 0.05) is 12.2 Å². The van der Waals surface area contributed by atoms with Crippen molar-refractivity contribution in [2.75, 3.05) is 6.61 Å². The number of aldehydes is 1. The molecule has 0 fully saturated rings. The summed E-state index contributed by atoms with van der Waals surface area (Å²) >= 11 is 0. The van der Waals surface area contributed by atoms with Gasteiger partial charge in [0.1, 0.15) is 12.0 Å². The Hall–Kier alpha value is -1.62. The molecule has 4 nitrogen and oxygen atoms in total. The van der Waals surface area contributed by atoms with E-state index in [2.05, 4.69) is 5.18 Å². The summed E-state index contributed by atoms with van der Waals surface area (Å²) in [7, 11) is 0. The van der Waals surface area contributed by atoms with E-state index in [-0.39, 0.29) is 17.9 Å². The molecule has 0 unspecified atom stereocenters. The lowest BCUT2D eigenvalue weighted by Crippen LogP contribution is -1.80. The van der Waals surface area contributed by atoms with E-state index in [9.17, 15) is 14.1 Å². The summed E-state index contributed by atoms with van der Waals surface area (Å²) in [6, 6.07) is 3.40. The zero-order valence-electron chi connectivity index (χ0n) is 7.61. The van der Waals surface area contributed by atoms with Gasteiger partial charge in [-0.15, -0.1) is 4.91 Å². The lowest BCUT2D eigenvalue weighted by molar-refractivity contribution is 0.112. The van der Waals surface area contributed by atoms with Crippen molar-refractivity contribution < 1.29 is 14.3 Å². The first-order valence-corrected chi connectivity index (χ1v) is 3.88. The van der Waals surface area contributed by atoms with Crippen molar-refractivity contribution in [2.24, 2.45) is 5.18 Å². The van der Waals surface area contributed by atoms with E-state index in [0.717, 1.165) is 12.1 Å². The first kappa shape index (κ1) is 12.4. The lowest BCUT2D eigenvalue weighted by atomic mass is 10.2. The quantitative estimate of drug-likeness (QED) is 0.585. The Morgan fingerprint density at radius 1 is 1.57 bits per heavy atom. The third kappa shape index (κ3) is 3.86. The Morgan fingerprint density at radius 3 is 2.57 bits per heavy atom. The van der Waals surface area contributed by atoms with Crippen LogP contribution in [0.4, 0.5) is 10.1 Å². The highest BCUT2D eigenvalue weighted by atomic mass is 19.1. The van der Waals surface area contributed by atoms with Gasteiger partial charge in [0.25, 0.3) is 0 Å². The zero-order valence-corrected chi connectivity index (χ0v) is 7.61. The zero-order chi connectivity index (χ0) is 11.0. The fourth-order valence-electron chi connectivity index (χ4n) is 0.673. The number of carbonyl (C=O) groups is 1. The van der Waals surface area contributed by atoms with Crippen LogP contribution in [-0.2, 0) is 0 Å². The third-order valence-electron chi connectivity index (χ3n) is 1.20. The molecule has 0 amide bonds. The maximum atomic E-state index is 12.5. The molecule has 0 radical (unpaired) electrons. The topological polar surface area (TPSA) is 66.7 Å². The molecule has 5 heteroatoms. The molecule has 0 spiro atoms. The van der Waals surface area contributed by atoms with Crippen LogP contribution in [0.3, 0.4) is 0 Å². The maximum absolute atomic E-state index is 12.5. The van der Waals surface area contributed by atoms with Crippen LogP contribution in [0.1, 0.15) is 17.3 Å². The van der Waals surface area contributed by atoms with E-state index < -0.39 is 5.82 Å². The number of halogens is 1. The number of nitroso groups, excluding NO2 is 1. The SMILES string of the molecule is CCO.O=Cc1ccc(F)c(N=O)c1. The number of aliphatic hydroxyl groups is 1. The van der Waals surface area contributed by atoms with Gasteiger partial charge in [0.05, 0.1) is 0 Å². The minimum absolute atomic E-state index is 0.237. The van der Waals surface area contributed by atoms with Crippen molar-refractivity contribution in [1.82, 2.24) is 0 Å². The number of rotatable bonds is 2. The van der Waals surface area contributed by atoms with E-state index in [1.54, 1.807) is 6.92 Å². The van der Waals surface area contributed by atoms with Gasteiger partial charge in [-0.25, -0.2) is 4.39 Å². The largest absolute Gasteiger partial charge is 0.397 e. The van der Waals surface area contributed by atoms with Gasteiger partial charge in [-0.05, 0) is 30.3 Å². The average molecular weight is 199 g/mol. The summed E-state index contributed by atoms with van der Waals surface area (Å²) in [5.74, 6) is -0.717. The average Bonchev–Trinajstić information content (AvgIpc) is 2.20. The molecular formula is C9H10FNO3. The summed E-state index contributed by atoms with van der Waals surface area (Å²) in [6.07, 6.45) is 0.522. The van der Waals surface area contributed by atoms with E-state index >= 15 is 0 Å². The molecule has 0 saturated heterocycles. The summed E-state index contributed by atoms with van der Waals surface area (Å²) in [5, 5.41) is 9.96. The maximum Gasteiger partial charge on any atom is 0.152 e. The van der Waals surface area contributed by atoms with E-state index in [4.69, 9.17) is 5.11 Å². The molecule has 0 saturated carbocycles. The highest BCUT2D eigenvalue weighted by molar-refractivity contribution is 5.76. The molecule has 0 aliphatic rings. The van der Waals surface area contributed by atoms with Crippen LogP contribution >= 0.6 is 0 Å². The fraction of sp³-hybridized carbons (Fsp3) is 0.222. The Balaban J connectivity index is 0.000000500. The molecule has 76 valence electrons. The highest BCUT2D eigenvalue weighted by Crippen LogP contribution is 2.17. The van der Waals surface area contributed by atoms with Gasteiger partial charge < -0.3 is 5.11 Å². The molecule has 0 heterocycles. The fourth-order valence-corrected chi connectivity index (χ4v) is 0.673. The molecule has 1 rings (SSSR count). The minimum Gasteiger partial charge on any atom is -0.397 e. The number of aliphatic hydroxyl groups excluding tert-OH is 1. The molecule has 0 aromatic heterocycles. The third-order valence-corrected chi connectivity index (χ3v) is 1.20. The smallest absolute Gasteiger partial charge is 0.152 e. The number of benzene rings is 1. The van der Waals surface area contributed by atoms with Crippen LogP contribution in [0.15, 0.2) is 23.4 Å². The Kier molecular flexibility index (Phi) is 6.06. The summed E-state index contributed by atoms with van der Waals surface area (Å²) < 4.78 is 12.5. The molecule has 1 aromatic rings. The molecule has 0 bridgehead atoms. The van der Waals surface area contributed by atoms with Crippen LogP contribution in [0, 0.1) is 10.7 Å². The Labute approximate surface area is 80.3 Å². The van der Waals surface area contributed by atoms with Crippen LogP contribution in [0.2, 0.25) is 0 Å². The second kappa shape index (κ2) is 6.85. The minimum atomic E-state index is -0.717. The van der Waals surface area contributed by atoms with Gasteiger partial charge in [-0.2, -0.15) is 0 Å². The van der Waals surface area contributed by atoms with Crippen molar-refractivity contribution in [3.63, 3.8) is 0 Å². The van der Waals surface area contributed by atoms with E-state index in [1.807, 2.05) is 0 Å². The van der Waals surface area contributed by atoms with Crippen LogP contribution in [0.5, 0.6) is 0 Å². The highest BCUT2D eigenvalue weighted by Gasteiger charge is 2.01. The predicted molar refractivity (Wildman–Crippen MR) is 50.0 cm³/mol. The molecule has 1 N–H and O–H groups in total. The monoisotopic (exact) mass is 199 g/mol. The summed E-state index contributed by atoms with van der Waals surface area (Å²) in [6.45, 7) is 1.93. The van der Waals surface area contributed by atoms with Gasteiger partial charge in [0.2, 0.25) is 0 Å². The Bertz CT molecular complexity index is 315. The van der Waals surface area contributed by atoms with Crippen molar-refractivity contribution in [1.29, 1.82) is 0 Å². The van der Waals surface area contributed by atoms with Gasteiger partial charge >= 0.3 is 0 Å². The normalized spacial score (nSPS) is 8.50. The van der Waals surface area contributed by atoms with Gasteiger partial charge in [-0.3, -0.25) is 4.79 Å². The number of hydrogen-bond donors (Lipinski definition) is 1. The Morgan fingerprint density at radius 2 is 2.14 bits per heavy atom. The summed E-state index contributed by atoms with van der Waals surface area (Å²) in [4.78, 5) is 20.0. The molecule has 1 aromatic carbocycles. The standard InChI is InChI=1S/C7H4FNO2.C2H6O/c8-6-2-1-5(4-10)3-7(6)9-11;1-2-3/h1-4H;3H,2H2,1H3. The molecule has 0 aliphatic carbocycles. The first-order chi connectivity index (χ1) is 6.69. The van der Waals surface area contributed by atoms with Crippen molar-refractivity contribution in [3.8, 4) is 0 Å². The second-order valence-corrected chi connectivity index (χ2v) is 2.24. The van der Waals surface area contributed by atoms with Crippen LogP contribution in [-0.4, -0.2) is 18.0 Å². The van der Waals surface area contributed by atoms with Crippen molar-refractivity contribution in [3.05, 3.63) is 34.5 Å². The van der Waals surface area contributed by atoms with Gasteiger partial charge in [0.15, 0.2) is 5.82 Å². The molecule has 14 heavy (non-hydrogen) atoms. The van der Waals surface area contributed by atoms with E-state index in [1.165, 1.54) is 6.07 Å². The summed E-state index contributed by atoms with van der Waals surface area (Å²) in [5.41, 5.74) is -0.101. The van der Waals surface area contributed by atoms with Crippen molar-refractivity contribution in [2.45, 2.75) is 6.92 Å². The van der Waals surface area contributed by atoms with Crippen LogP contribution in [0.25, 0.3) is 0 Å². The van der Waals surface area contributed by atoms with Gasteiger partial charge in [-0.1, -0.05) is 0 Å². The predicted octanol–water partition coefficient (Wildman–Crippen LogP) is 2.03. The lowest BCUT2D eigenvalue weighted by Gasteiger charge is -1.92. The van der Waals surface area contributed by atoms with Crippen molar-refractivity contribution >= 4 is 12.0 Å².